The molecule has 5 heteroatoms. The summed E-state index contributed by atoms with van der Waals surface area (Å²) in [6.07, 6.45) is 2.38. The number of rotatable bonds is 6. The van der Waals surface area contributed by atoms with Crippen LogP contribution in [0.15, 0.2) is 66.9 Å². The molecule has 1 aromatic heterocycles. The van der Waals surface area contributed by atoms with E-state index in [9.17, 15) is 4.79 Å². The zero-order chi connectivity index (χ0) is 18.4. The highest BCUT2D eigenvalue weighted by Gasteiger charge is 2.07. The molecule has 0 saturated heterocycles. The van der Waals surface area contributed by atoms with Crippen molar-refractivity contribution in [3.8, 4) is 0 Å². The van der Waals surface area contributed by atoms with Crippen molar-refractivity contribution in [3.63, 3.8) is 0 Å². The van der Waals surface area contributed by atoms with E-state index < -0.39 is 0 Å². The summed E-state index contributed by atoms with van der Waals surface area (Å²) in [5.74, 6) is -0.186. The quantitative estimate of drug-likeness (QED) is 0.662. The maximum absolute atomic E-state index is 12.2. The number of carbonyl (C=O) groups is 1. The van der Waals surface area contributed by atoms with Crippen LogP contribution < -0.4 is 10.6 Å². The molecular weight excluding hydrogens is 346 g/mol. The molecule has 132 valence electrons. The topological polar surface area (TPSA) is 54.0 Å². The largest absolute Gasteiger partial charge is 0.354 e. The Bertz CT molecular complexity index is 894. The van der Waals surface area contributed by atoms with Gasteiger partial charge in [-0.2, -0.15) is 0 Å². The first-order valence-electron chi connectivity index (χ1n) is 8.42. The third kappa shape index (κ3) is 5.07. The summed E-state index contributed by atoms with van der Waals surface area (Å²) in [5.41, 5.74) is 4.49. The standard InChI is InChI=1S/C21H20ClN3O/c1-15-4-2-7-18(12-15)25-19-8-9-20(24-14-19)21(26)23-11-10-16-5-3-6-17(22)13-16/h2-9,12-14,25H,10-11H2,1H3,(H,23,26). The molecule has 0 saturated carbocycles. The predicted molar refractivity (Wildman–Crippen MR) is 106 cm³/mol. The van der Waals surface area contributed by atoms with Gasteiger partial charge in [0.05, 0.1) is 11.9 Å². The van der Waals surface area contributed by atoms with Crippen LogP contribution in [0.5, 0.6) is 0 Å². The van der Waals surface area contributed by atoms with Crippen LogP contribution >= 0.6 is 11.6 Å². The van der Waals surface area contributed by atoms with Crippen molar-refractivity contribution in [2.24, 2.45) is 0 Å². The van der Waals surface area contributed by atoms with Gasteiger partial charge < -0.3 is 10.6 Å². The Hall–Kier alpha value is -2.85. The highest BCUT2D eigenvalue weighted by molar-refractivity contribution is 6.30. The molecule has 1 amide bonds. The minimum absolute atomic E-state index is 0.186. The Labute approximate surface area is 158 Å². The van der Waals surface area contributed by atoms with E-state index in [0.29, 0.717) is 17.3 Å². The minimum atomic E-state index is -0.186. The number of benzene rings is 2. The van der Waals surface area contributed by atoms with Crippen LogP contribution in [-0.2, 0) is 6.42 Å². The van der Waals surface area contributed by atoms with Gasteiger partial charge in [-0.3, -0.25) is 4.79 Å². The number of nitrogens with one attached hydrogen (secondary N) is 2. The van der Waals surface area contributed by atoms with Crippen LogP contribution in [0.4, 0.5) is 11.4 Å². The van der Waals surface area contributed by atoms with Gasteiger partial charge in [-0.1, -0.05) is 35.9 Å². The zero-order valence-corrected chi connectivity index (χ0v) is 15.3. The van der Waals surface area contributed by atoms with Crippen LogP contribution in [0.2, 0.25) is 5.02 Å². The lowest BCUT2D eigenvalue weighted by Crippen LogP contribution is -2.26. The van der Waals surface area contributed by atoms with E-state index in [2.05, 4.69) is 21.7 Å². The Kier molecular flexibility index (Phi) is 5.87. The monoisotopic (exact) mass is 365 g/mol. The molecule has 0 fully saturated rings. The van der Waals surface area contributed by atoms with Crippen molar-refractivity contribution < 1.29 is 4.79 Å². The summed E-state index contributed by atoms with van der Waals surface area (Å²) in [4.78, 5) is 16.4. The van der Waals surface area contributed by atoms with Gasteiger partial charge in [0.25, 0.3) is 5.91 Å². The molecule has 0 atom stereocenters. The van der Waals surface area contributed by atoms with Gasteiger partial charge >= 0.3 is 0 Å². The Morgan fingerprint density at radius 3 is 2.62 bits per heavy atom. The van der Waals surface area contributed by atoms with Gasteiger partial charge in [-0.15, -0.1) is 0 Å². The number of aryl methyl sites for hydroxylation is 1. The summed E-state index contributed by atoms with van der Waals surface area (Å²) in [6, 6.07) is 19.3. The minimum Gasteiger partial charge on any atom is -0.354 e. The van der Waals surface area contributed by atoms with Crippen molar-refractivity contribution >= 4 is 28.9 Å². The third-order valence-electron chi connectivity index (χ3n) is 3.89. The van der Waals surface area contributed by atoms with E-state index in [1.54, 1.807) is 12.3 Å². The van der Waals surface area contributed by atoms with Crippen molar-refractivity contribution in [3.05, 3.63) is 88.7 Å². The number of amides is 1. The number of hydrogen-bond acceptors (Lipinski definition) is 3. The third-order valence-corrected chi connectivity index (χ3v) is 4.13. The lowest BCUT2D eigenvalue weighted by atomic mass is 10.1. The molecule has 26 heavy (non-hydrogen) atoms. The molecule has 0 aliphatic rings. The second-order valence-corrected chi connectivity index (χ2v) is 6.50. The van der Waals surface area contributed by atoms with Crippen LogP contribution in [0.25, 0.3) is 0 Å². The van der Waals surface area contributed by atoms with E-state index >= 15 is 0 Å². The Morgan fingerprint density at radius 1 is 1.04 bits per heavy atom. The Balaban J connectivity index is 1.53. The average Bonchev–Trinajstić information content (AvgIpc) is 2.62. The first kappa shape index (κ1) is 18.0. The van der Waals surface area contributed by atoms with Crippen LogP contribution in [0.3, 0.4) is 0 Å². The Morgan fingerprint density at radius 2 is 1.88 bits per heavy atom. The van der Waals surface area contributed by atoms with Gasteiger partial charge in [-0.05, 0) is 60.9 Å². The number of halogens is 1. The maximum atomic E-state index is 12.2. The van der Waals surface area contributed by atoms with E-state index in [0.717, 1.165) is 23.4 Å². The van der Waals surface area contributed by atoms with E-state index in [-0.39, 0.29) is 5.91 Å². The molecule has 2 N–H and O–H groups in total. The van der Waals surface area contributed by atoms with E-state index in [1.807, 2.05) is 55.5 Å². The number of carbonyl (C=O) groups excluding carboxylic acids is 1. The van der Waals surface area contributed by atoms with E-state index in [4.69, 9.17) is 11.6 Å². The van der Waals surface area contributed by atoms with Gasteiger partial charge in [0, 0.05) is 17.3 Å². The van der Waals surface area contributed by atoms with Crippen molar-refractivity contribution in [1.29, 1.82) is 0 Å². The fraction of sp³-hybridized carbons (Fsp3) is 0.143. The summed E-state index contributed by atoms with van der Waals surface area (Å²) in [5, 5.41) is 6.85. The van der Waals surface area contributed by atoms with Crippen molar-refractivity contribution in [2.45, 2.75) is 13.3 Å². The summed E-state index contributed by atoms with van der Waals surface area (Å²) >= 11 is 5.96. The highest BCUT2D eigenvalue weighted by Crippen LogP contribution is 2.17. The first-order valence-corrected chi connectivity index (χ1v) is 8.80. The molecule has 0 radical (unpaired) electrons. The summed E-state index contributed by atoms with van der Waals surface area (Å²) in [7, 11) is 0. The van der Waals surface area contributed by atoms with Crippen molar-refractivity contribution in [1.82, 2.24) is 10.3 Å². The fourth-order valence-corrected chi connectivity index (χ4v) is 2.81. The molecule has 3 rings (SSSR count). The highest BCUT2D eigenvalue weighted by atomic mass is 35.5. The number of aromatic nitrogens is 1. The molecule has 0 spiro atoms. The number of anilines is 2. The maximum Gasteiger partial charge on any atom is 0.269 e. The molecule has 0 bridgehead atoms. The van der Waals surface area contributed by atoms with Crippen molar-refractivity contribution in [2.75, 3.05) is 11.9 Å². The molecule has 3 aromatic rings. The normalized spacial score (nSPS) is 10.4. The molecule has 4 nitrogen and oxygen atoms in total. The van der Waals surface area contributed by atoms with Gasteiger partial charge in [0.15, 0.2) is 0 Å². The van der Waals surface area contributed by atoms with Crippen LogP contribution in [-0.4, -0.2) is 17.4 Å². The predicted octanol–water partition coefficient (Wildman–Crippen LogP) is 4.76. The number of pyridine rings is 1. The van der Waals surface area contributed by atoms with Crippen LogP contribution in [0.1, 0.15) is 21.6 Å². The smallest absolute Gasteiger partial charge is 0.269 e. The summed E-state index contributed by atoms with van der Waals surface area (Å²) in [6.45, 7) is 2.57. The molecule has 0 aliphatic carbocycles. The van der Waals surface area contributed by atoms with Crippen LogP contribution in [0, 0.1) is 6.92 Å². The first-order chi connectivity index (χ1) is 12.6. The SMILES string of the molecule is Cc1cccc(Nc2ccc(C(=O)NCCc3cccc(Cl)c3)nc2)c1. The lowest BCUT2D eigenvalue weighted by Gasteiger charge is -2.08. The van der Waals surface area contributed by atoms with Gasteiger partial charge in [0.2, 0.25) is 0 Å². The molecule has 1 heterocycles. The fourth-order valence-electron chi connectivity index (χ4n) is 2.60. The number of hydrogen-bond donors (Lipinski definition) is 2. The molecule has 2 aromatic carbocycles. The molecule has 0 unspecified atom stereocenters. The van der Waals surface area contributed by atoms with Gasteiger partial charge in [-0.25, -0.2) is 4.98 Å². The second-order valence-electron chi connectivity index (χ2n) is 6.06. The summed E-state index contributed by atoms with van der Waals surface area (Å²) < 4.78 is 0. The molecule has 0 aliphatic heterocycles. The molecular formula is C21H20ClN3O. The van der Waals surface area contributed by atoms with Gasteiger partial charge in [0.1, 0.15) is 5.69 Å². The van der Waals surface area contributed by atoms with E-state index in [1.165, 1.54) is 5.56 Å². The second kappa shape index (κ2) is 8.50. The average molecular weight is 366 g/mol. The number of nitrogens with zero attached hydrogens (tertiary/aromatic N) is 1. The zero-order valence-electron chi connectivity index (χ0n) is 14.5. The lowest BCUT2D eigenvalue weighted by molar-refractivity contribution is 0.0949.